The first-order valence-corrected chi connectivity index (χ1v) is 7.38. The van der Waals surface area contributed by atoms with Crippen LogP contribution in [0.5, 0.6) is 0 Å². The molecule has 0 aliphatic heterocycles. The number of hydrogen-bond acceptors (Lipinski definition) is 0. The van der Waals surface area contributed by atoms with E-state index < -0.39 is 0 Å². The summed E-state index contributed by atoms with van der Waals surface area (Å²) in [5.41, 5.74) is 3.11. The molecule has 0 radical (unpaired) electrons. The maximum Gasteiger partial charge on any atom is 0.184 e. The predicted molar refractivity (Wildman–Crippen MR) is 72.1 cm³/mol. The lowest BCUT2D eigenvalue weighted by molar-refractivity contribution is -0.731. The van der Waals surface area contributed by atoms with Crippen molar-refractivity contribution in [2.75, 3.05) is 0 Å². The molecule has 0 amide bonds. The highest BCUT2D eigenvalue weighted by molar-refractivity contribution is 5.15. The predicted octanol–water partition coefficient (Wildman–Crippen LogP) is 3.99. The Kier molecular flexibility index (Phi) is 4.58. The van der Waals surface area contributed by atoms with Crippen LogP contribution < -0.4 is 4.57 Å². The minimum Gasteiger partial charge on any atom is -0.200 e. The van der Waals surface area contributed by atoms with E-state index >= 15 is 0 Å². The van der Waals surface area contributed by atoms with Gasteiger partial charge in [0.05, 0.1) is 0 Å². The Hall–Kier alpha value is -0.850. The second-order valence-electron chi connectivity index (χ2n) is 5.24. The minimum absolute atomic E-state index is 0.763. The summed E-state index contributed by atoms with van der Waals surface area (Å²) in [6.07, 6.45) is 13.1. The molecule has 1 saturated carbocycles. The fraction of sp³-hybridized carbons (Fsp3) is 0.688. The van der Waals surface area contributed by atoms with Gasteiger partial charge in [-0.05, 0) is 25.3 Å². The van der Waals surface area contributed by atoms with Gasteiger partial charge in [0.25, 0.3) is 0 Å². The van der Waals surface area contributed by atoms with Gasteiger partial charge in [0.1, 0.15) is 0 Å². The van der Waals surface area contributed by atoms with Crippen molar-refractivity contribution in [3.8, 4) is 0 Å². The zero-order valence-corrected chi connectivity index (χ0v) is 11.4. The van der Waals surface area contributed by atoms with Crippen molar-refractivity contribution < 1.29 is 4.57 Å². The molecule has 0 spiro atoms. The molecule has 0 aromatic carbocycles. The molecule has 0 atom stereocenters. The SMILES string of the molecule is CCc1ccc[n+](C2CCCCCC2)c1CC. The summed E-state index contributed by atoms with van der Waals surface area (Å²) in [5.74, 6) is 0. The number of pyridine rings is 1. The Bertz CT molecular complexity index is 349. The average molecular weight is 232 g/mol. The van der Waals surface area contributed by atoms with Crippen LogP contribution in [-0.4, -0.2) is 0 Å². The van der Waals surface area contributed by atoms with Gasteiger partial charge in [0.2, 0.25) is 0 Å². The van der Waals surface area contributed by atoms with Gasteiger partial charge in [-0.25, -0.2) is 0 Å². The fourth-order valence-electron chi connectivity index (χ4n) is 3.21. The van der Waals surface area contributed by atoms with Crippen molar-refractivity contribution in [1.29, 1.82) is 0 Å². The van der Waals surface area contributed by atoms with Gasteiger partial charge < -0.3 is 0 Å². The molecule has 17 heavy (non-hydrogen) atoms. The monoisotopic (exact) mass is 232 g/mol. The molecule has 1 aliphatic carbocycles. The van der Waals surface area contributed by atoms with Crippen molar-refractivity contribution >= 4 is 0 Å². The third kappa shape index (κ3) is 2.88. The van der Waals surface area contributed by atoms with E-state index in [1.807, 2.05) is 0 Å². The number of hydrogen-bond donors (Lipinski definition) is 0. The molecule has 1 heterocycles. The standard InChI is InChI=1S/C16H26N/c1-3-14-10-9-13-17(16(14)4-2)15-11-7-5-6-8-12-15/h9-10,13,15H,3-8,11-12H2,1-2H3/q+1. The molecule has 1 nitrogen and oxygen atoms in total. The van der Waals surface area contributed by atoms with E-state index in [1.54, 1.807) is 11.3 Å². The molecule has 1 aromatic heterocycles. The largest absolute Gasteiger partial charge is 0.200 e. The first-order chi connectivity index (χ1) is 8.36. The third-order valence-electron chi connectivity index (χ3n) is 4.16. The van der Waals surface area contributed by atoms with E-state index in [0.717, 1.165) is 12.5 Å². The number of nitrogens with zero attached hydrogens (tertiary/aromatic N) is 1. The molecule has 0 bridgehead atoms. The van der Waals surface area contributed by atoms with Gasteiger partial charge in [0.15, 0.2) is 17.9 Å². The molecule has 1 aliphatic rings. The zero-order valence-electron chi connectivity index (χ0n) is 11.4. The van der Waals surface area contributed by atoms with E-state index in [1.165, 1.54) is 44.9 Å². The molecule has 0 unspecified atom stereocenters. The summed E-state index contributed by atoms with van der Waals surface area (Å²) in [6.45, 7) is 4.56. The quantitative estimate of drug-likeness (QED) is 0.548. The minimum atomic E-state index is 0.763. The lowest BCUT2D eigenvalue weighted by Gasteiger charge is -2.14. The molecule has 1 aromatic rings. The van der Waals surface area contributed by atoms with Crippen molar-refractivity contribution in [2.45, 2.75) is 71.3 Å². The maximum absolute atomic E-state index is 2.59. The lowest BCUT2D eigenvalue weighted by Crippen LogP contribution is -2.43. The Morgan fingerprint density at radius 1 is 1.06 bits per heavy atom. The zero-order chi connectivity index (χ0) is 12.1. The molecular weight excluding hydrogens is 206 g/mol. The lowest BCUT2D eigenvalue weighted by atomic mass is 10.0. The molecule has 2 rings (SSSR count). The Morgan fingerprint density at radius 2 is 1.76 bits per heavy atom. The Morgan fingerprint density at radius 3 is 2.35 bits per heavy atom. The average Bonchev–Trinajstić information content (AvgIpc) is 2.66. The van der Waals surface area contributed by atoms with Crippen LogP contribution in [0.4, 0.5) is 0 Å². The number of rotatable bonds is 3. The summed E-state index contributed by atoms with van der Waals surface area (Å²) in [4.78, 5) is 0. The Balaban J connectivity index is 2.29. The summed E-state index contributed by atoms with van der Waals surface area (Å²) >= 11 is 0. The smallest absolute Gasteiger partial charge is 0.184 e. The topological polar surface area (TPSA) is 3.88 Å². The summed E-state index contributed by atoms with van der Waals surface area (Å²) in [5, 5.41) is 0. The van der Waals surface area contributed by atoms with Crippen LogP contribution in [0.15, 0.2) is 18.3 Å². The first-order valence-electron chi connectivity index (χ1n) is 7.38. The second kappa shape index (κ2) is 6.18. The summed E-state index contributed by atoms with van der Waals surface area (Å²) in [7, 11) is 0. The van der Waals surface area contributed by atoms with E-state index in [0.29, 0.717) is 0 Å². The van der Waals surface area contributed by atoms with Crippen molar-refractivity contribution in [2.24, 2.45) is 0 Å². The van der Waals surface area contributed by atoms with Crippen molar-refractivity contribution in [3.05, 3.63) is 29.6 Å². The van der Waals surface area contributed by atoms with Crippen molar-refractivity contribution in [1.82, 2.24) is 0 Å². The first kappa shape index (κ1) is 12.6. The summed E-state index contributed by atoms with van der Waals surface area (Å²) < 4.78 is 2.59. The van der Waals surface area contributed by atoms with Crippen LogP contribution in [-0.2, 0) is 12.8 Å². The molecule has 0 N–H and O–H groups in total. The van der Waals surface area contributed by atoms with E-state index in [-0.39, 0.29) is 0 Å². The van der Waals surface area contributed by atoms with Crippen LogP contribution in [0, 0.1) is 0 Å². The number of aryl methyl sites for hydroxylation is 1. The molecule has 94 valence electrons. The Labute approximate surface area is 106 Å². The van der Waals surface area contributed by atoms with Gasteiger partial charge in [0, 0.05) is 30.9 Å². The molecular formula is C16H26N+. The molecule has 1 fully saturated rings. The van der Waals surface area contributed by atoms with Crippen LogP contribution >= 0.6 is 0 Å². The van der Waals surface area contributed by atoms with Gasteiger partial charge >= 0.3 is 0 Å². The van der Waals surface area contributed by atoms with E-state index in [9.17, 15) is 0 Å². The molecule has 0 saturated heterocycles. The van der Waals surface area contributed by atoms with Gasteiger partial charge in [-0.3, -0.25) is 0 Å². The normalized spacial score (nSPS) is 18.0. The fourth-order valence-corrected chi connectivity index (χ4v) is 3.21. The second-order valence-corrected chi connectivity index (χ2v) is 5.24. The van der Waals surface area contributed by atoms with Crippen molar-refractivity contribution in [3.63, 3.8) is 0 Å². The third-order valence-corrected chi connectivity index (χ3v) is 4.16. The van der Waals surface area contributed by atoms with Crippen LogP contribution in [0.25, 0.3) is 0 Å². The highest BCUT2D eigenvalue weighted by atomic mass is 15.0. The highest BCUT2D eigenvalue weighted by Gasteiger charge is 2.24. The van der Waals surface area contributed by atoms with Crippen LogP contribution in [0.3, 0.4) is 0 Å². The van der Waals surface area contributed by atoms with Gasteiger partial charge in [-0.2, -0.15) is 4.57 Å². The van der Waals surface area contributed by atoms with Gasteiger partial charge in [-0.1, -0.05) is 26.7 Å². The van der Waals surface area contributed by atoms with E-state index in [4.69, 9.17) is 0 Å². The maximum atomic E-state index is 2.59. The number of aromatic nitrogens is 1. The van der Waals surface area contributed by atoms with Gasteiger partial charge in [-0.15, -0.1) is 0 Å². The summed E-state index contributed by atoms with van der Waals surface area (Å²) in [6, 6.07) is 5.30. The molecule has 1 heteroatoms. The highest BCUT2D eigenvalue weighted by Crippen LogP contribution is 2.24. The van der Waals surface area contributed by atoms with Crippen LogP contribution in [0.1, 0.15) is 69.7 Å². The van der Waals surface area contributed by atoms with E-state index in [2.05, 4.69) is 36.7 Å². The van der Waals surface area contributed by atoms with Crippen LogP contribution in [0.2, 0.25) is 0 Å².